The third-order valence-electron chi connectivity index (χ3n) is 7.91. The van der Waals surface area contributed by atoms with Gasteiger partial charge in [-0.2, -0.15) is 0 Å². The van der Waals surface area contributed by atoms with Crippen LogP contribution in [-0.4, -0.2) is 55.0 Å². The van der Waals surface area contributed by atoms with Crippen LogP contribution < -0.4 is 10.6 Å². The molecule has 9 heteroatoms. The number of amides is 1. The highest BCUT2D eigenvalue weighted by Gasteiger charge is 2.54. The molecule has 0 unspecified atom stereocenters. The summed E-state index contributed by atoms with van der Waals surface area (Å²) in [5, 5.41) is 7.38. The van der Waals surface area contributed by atoms with E-state index in [1.807, 2.05) is 0 Å². The third kappa shape index (κ3) is 6.21. The van der Waals surface area contributed by atoms with E-state index in [9.17, 15) is 9.59 Å². The van der Waals surface area contributed by atoms with Gasteiger partial charge >= 0.3 is 5.97 Å². The number of carbonyl (C=O) groups excluding carboxylic acids is 2. The summed E-state index contributed by atoms with van der Waals surface area (Å²) >= 11 is 12.3. The Morgan fingerprint density at radius 2 is 1.97 bits per heavy atom. The van der Waals surface area contributed by atoms with Crippen LogP contribution in [0.25, 0.3) is 0 Å². The summed E-state index contributed by atoms with van der Waals surface area (Å²) in [6.07, 6.45) is 6.16. The number of aromatic nitrogens is 1. The minimum Gasteiger partial charge on any atom is -0.469 e. The number of carbonyl (C=O) groups is 2. The van der Waals surface area contributed by atoms with Gasteiger partial charge in [-0.25, -0.2) is 4.98 Å². The number of nitrogens with zero attached hydrogens (tertiary/aromatic N) is 2. The second kappa shape index (κ2) is 11.2. The maximum atomic E-state index is 13.0. The van der Waals surface area contributed by atoms with E-state index in [2.05, 4.69) is 27.7 Å². The number of halogens is 2. The van der Waals surface area contributed by atoms with E-state index in [1.165, 1.54) is 19.1 Å². The van der Waals surface area contributed by atoms with E-state index < -0.39 is 12.0 Å². The molecule has 1 aromatic carbocycles. The smallest absolute Gasteiger partial charge is 0.307 e. The summed E-state index contributed by atoms with van der Waals surface area (Å²) in [5.74, 6) is 0.603. The quantitative estimate of drug-likeness (QED) is 0.440. The Kier molecular flexibility index (Phi) is 7.93. The lowest BCUT2D eigenvalue weighted by Crippen LogP contribution is -2.64. The molecule has 1 amide bonds. The van der Waals surface area contributed by atoms with Crippen LogP contribution in [0.2, 0.25) is 10.0 Å². The molecule has 2 aliphatic heterocycles. The van der Waals surface area contributed by atoms with Gasteiger partial charge in [0.1, 0.15) is 5.82 Å². The minimum atomic E-state index is -0.530. The van der Waals surface area contributed by atoms with Crippen LogP contribution in [0.1, 0.15) is 55.0 Å². The monoisotopic (exact) mass is 544 g/mol. The Labute approximate surface area is 228 Å². The molecule has 1 saturated heterocycles. The number of rotatable bonds is 9. The van der Waals surface area contributed by atoms with E-state index >= 15 is 0 Å². The highest BCUT2D eigenvalue weighted by molar-refractivity contribution is 6.34. The van der Waals surface area contributed by atoms with Crippen LogP contribution >= 0.6 is 23.2 Å². The predicted octanol–water partition coefficient (Wildman–Crippen LogP) is 4.81. The number of esters is 1. The number of anilines is 1. The zero-order valence-corrected chi connectivity index (χ0v) is 22.7. The fourth-order valence-electron chi connectivity index (χ4n) is 6.05. The van der Waals surface area contributed by atoms with Gasteiger partial charge in [0.15, 0.2) is 0 Å². The minimum absolute atomic E-state index is 0.0267. The molecular formula is C28H34Cl2N4O3. The molecule has 1 spiro atoms. The van der Waals surface area contributed by atoms with Gasteiger partial charge in [-0.3, -0.25) is 9.59 Å². The molecule has 37 heavy (non-hydrogen) atoms. The fourth-order valence-corrected chi connectivity index (χ4v) is 6.59. The molecule has 1 aliphatic carbocycles. The standard InChI is InChI=1S/C28H34Cl2N4O3/c1-37-25(35)13-24(19-10-21(29)12-22(30)11-19)33-27(36)20-14-28(15-20)16-34(17-28)9-3-5-23-7-6-18-4-2-8-31-26(18)32-23/h6-7,10-12,20,24H,2-5,8-9,13-17H2,1H3,(H,31,32)(H,33,36)/t24-/m0/s1. The van der Waals surface area contributed by atoms with Gasteiger partial charge in [0.25, 0.3) is 0 Å². The molecular weight excluding hydrogens is 511 g/mol. The van der Waals surface area contributed by atoms with Crippen molar-refractivity contribution in [3.63, 3.8) is 0 Å². The first-order chi connectivity index (χ1) is 17.8. The van der Waals surface area contributed by atoms with Crippen molar-refractivity contribution >= 4 is 40.9 Å². The first kappa shape index (κ1) is 26.3. The van der Waals surface area contributed by atoms with Gasteiger partial charge in [0.2, 0.25) is 5.91 Å². The highest BCUT2D eigenvalue weighted by atomic mass is 35.5. The van der Waals surface area contributed by atoms with Crippen molar-refractivity contribution < 1.29 is 14.3 Å². The number of likely N-dealkylation sites (tertiary alicyclic amines) is 1. The van der Waals surface area contributed by atoms with Crippen LogP contribution in [0.4, 0.5) is 5.82 Å². The van der Waals surface area contributed by atoms with Crippen LogP contribution in [0, 0.1) is 11.3 Å². The van der Waals surface area contributed by atoms with E-state index in [4.69, 9.17) is 32.9 Å². The maximum absolute atomic E-state index is 13.0. The largest absolute Gasteiger partial charge is 0.469 e. The molecule has 2 aromatic rings. The lowest BCUT2D eigenvalue weighted by atomic mass is 9.57. The molecule has 3 heterocycles. The van der Waals surface area contributed by atoms with Crippen molar-refractivity contribution in [2.24, 2.45) is 11.3 Å². The first-order valence-corrected chi connectivity index (χ1v) is 13.9. The fraction of sp³-hybridized carbons (Fsp3) is 0.536. The summed E-state index contributed by atoms with van der Waals surface area (Å²) in [4.78, 5) is 32.3. The number of aryl methyl sites for hydroxylation is 2. The zero-order chi connectivity index (χ0) is 26.0. The summed E-state index contributed by atoms with van der Waals surface area (Å²) in [5.41, 5.74) is 3.44. The maximum Gasteiger partial charge on any atom is 0.307 e. The second-order valence-corrected chi connectivity index (χ2v) is 11.7. The number of nitrogens with one attached hydrogen (secondary N) is 2. The number of hydrogen-bond acceptors (Lipinski definition) is 6. The number of ether oxygens (including phenoxy) is 1. The van der Waals surface area contributed by atoms with Gasteiger partial charge in [-0.05, 0) is 85.9 Å². The average molecular weight is 546 g/mol. The molecule has 2 fully saturated rings. The lowest BCUT2D eigenvalue weighted by Gasteiger charge is -2.59. The van der Waals surface area contributed by atoms with Gasteiger partial charge < -0.3 is 20.3 Å². The SMILES string of the molecule is COC(=O)C[C@H](NC(=O)C1CC2(C1)CN(CCCc1ccc3c(n1)NCCC3)C2)c1cc(Cl)cc(Cl)c1. The van der Waals surface area contributed by atoms with Gasteiger partial charge in [-0.1, -0.05) is 29.3 Å². The third-order valence-corrected chi connectivity index (χ3v) is 8.35. The topological polar surface area (TPSA) is 83.6 Å². The van der Waals surface area contributed by atoms with Crippen molar-refractivity contribution in [2.45, 2.75) is 51.0 Å². The first-order valence-electron chi connectivity index (χ1n) is 13.1. The highest BCUT2D eigenvalue weighted by Crippen LogP contribution is 2.52. The van der Waals surface area contributed by atoms with Crippen LogP contribution in [0.5, 0.6) is 0 Å². The predicted molar refractivity (Wildman–Crippen MR) is 145 cm³/mol. The van der Waals surface area contributed by atoms with E-state index in [0.29, 0.717) is 15.6 Å². The molecule has 1 saturated carbocycles. The van der Waals surface area contributed by atoms with Crippen LogP contribution in [0.15, 0.2) is 30.3 Å². The molecule has 0 radical (unpaired) electrons. The normalized spacial score (nSPS) is 19.2. The average Bonchev–Trinajstić information content (AvgIpc) is 2.82. The zero-order valence-electron chi connectivity index (χ0n) is 21.2. The molecule has 1 aromatic heterocycles. The van der Waals surface area contributed by atoms with E-state index in [1.54, 1.807) is 18.2 Å². The van der Waals surface area contributed by atoms with Crippen molar-refractivity contribution in [3.05, 3.63) is 57.2 Å². The summed E-state index contributed by atoms with van der Waals surface area (Å²) in [7, 11) is 1.34. The Balaban J connectivity index is 1.07. The van der Waals surface area contributed by atoms with Gasteiger partial charge in [0, 0.05) is 41.3 Å². The van der Waals surface area contributed by atoms with Crippen molar-refractivity contribution in [3.8, 4) is 0 Å². The number of hydrogen-bond donors (Lipinski definition) is 2. The van der Waals surface area contributed by atoms with Crippen molar-refractivity contribution in [1.82, 2.24) is 15.2 Å². The number of pyridine rings is 1. The Bertz CT molecular complexity index is 1140. The molecule has 5 rings (SSSR count). The number of methoxy groups -OCH3 is 1. The molecule has 3 aliphatic rings. The van der Waals surface area contributed by atoms with Crippen LogP contribution in [0.3, 0.4) is 0 Å². The number of benzene rings is 1. The Morgan fingerprint density at radius 1 is 1.22 bits per heavy atom. The van der Waals surface area contributed by atoms with E-state index in [0.717, 1.165) is 69.8 Å². The molecule has 0 bridgehead atoms. The Hall–Kier alpha value is -2.35. The van der Waals surface area contributed by atoms with Crippen molar-refractivity contribution in [1.29, 1.82) is 0 Å². The molecule has 198 valence electrons. The van der Waals surface area contributed by atoms with Gasteiger partial charge in [-0.15, -0.1) is 0 Å². The van der Waals surface area contributed by atoms with Crippen molar-refractivity contribution in [2.75, 3.05) is 38.6 Å². The van der Waals surface area contributed by atoms with E-state index in [-0.39, 0.29) is 23.7 Å². The van der Waals surface area contributed by atoms with Gasteiger partial charge in [0.05, 0.1) is 19.6 Å². The lowest BCUT2D eigenvalue weighted by molar-refractivity contribution is -0.146. The Morgan fingerprint density at radius 3 is 2.70 bits per heavy atom. The number of fused-ring (bicyclic) bond motifs is 1. The second-order valence-electron chi connectivity index (χ2n) is 10.8. The molecule has 7 nitrogen and oxygen atoms in total. The summed E-state index contributed by atoms with van der Waals surface area (Å²) in [6, 6.07) is 8.94. The molecule has 2 N–H and O–H groups in total. The van der Waals surface area contributed by atoms with Crippen LogP contribution in [-0.2, 0) is 27.2 Å². The summed E-state index contributed by atoms with van der Waals surface area (Å²) in [6.45, 7) is 4.16. The molecule has 1 atom stereocenters. The summed E-state index contributed by atoms with van der Waals surface area (Å²) < 4.78 is 4.83.